The molecular weight excluding hydrogens is 279 g/mol. The molecule has 0 spiro atoms. The number of halogens is 1. The molecule has 20 heavy (non-hydrogen) atoms. The summed E-state index contributed by atoms with van der Waals surface area (Å²) in [5.74, 6) is 0.125. The lowest BCUT2D eigenvalue weighted by atomic mass is 9.97. The van der Waals surface area contributed by atoms with E-state index in [2.05, 4.69) is 0 Å². The number of aliphatic hydroxyl groups is 1. The van der Waals surface area contributed by atoms with Crippen LogP contribution < -0.4 is 4.74 Å². The van der Waals surface area contributed by atoms with Crippen LogP contribution in [-0.4, -0.2) is 14.8 Å². The minimum Gasteiger partial charge on any atom is -0.472 e. The van der Waals surface area contributed by atoms with Crippen molar-refractivity contribution in [3.63, 3.8) is 0 Å². The van der Waals surface area contributed by atoms with Gasteiger partial charge in [-0.3, -0.25) is 4.21 Å². The van der Waals surface area contributed by atoms with Gasteiger partial charge in [-0.2, -0.15) is 0 Å². The van der Waals surface area contributed by atoms with Crippen LogP contribution in [0.1, 0.15) is 12.5 Å². The van der Waals surface area contributed by atoms with Gasteiger partial charge >= 0.3 is 0 Å². The van der Waals surface area contributed by atoms with Crippen LogP contribution in [0.2, 0.25) is 0 Å². The molecule has 1 unspecified atom stereocenters. The van der Waals surface area contributed by atoms with E-state index in [9.17, 15) is 13.7 Å². The van der Waals surface area contributed by atoms with Gasteiger partial charge in [0.2, 0.25) is 5.44 Å². The first-order valence-corrected chi connectivity index (χ1v) is 7.36. The highest BCUT2D eigenvalue weighted by Gasteiger charge is 2.45. The van der Waals surface area contributed by atoms with Crippen LogP contribution in [0.25, 0.3) is 0 Å². The molecule has 0 saturated heterocycles. The molecule has 3 atom stereocenters. The van der Waals surface area contributed by atoms with E-state index in [0.29, 0.717) is 16.2 Å². The topological polar surface area (TPSA) is 46.5 Å². The lowest BCUT2D eigenvalue weighted by molar-refractivity contribution is -0.00949. The minimum absolute atomic E-state index is 0.388. The van der Waals surface area contributed by atoms with Crippen LogP contribution in [-0.2, 0) is 16.4 Å². The zero-order chi connectivity index (χ0) is 14.3. The van der Waals surface area contributed by atoms with Crippen molar-refractivity contribution in [2.75, 3.05) is 0 Å². The number of rotatable bonds is 2. The van der Waals surface area contributed by atoms with E-state index >= 15 is 0 Å². The SMILES string of the molecule is C[C@@](O)(c1ccc(F)cc1)[C@H]1Oc2ccccc2S1=O. The Morgan fingerprint density at radius 1 is 1.20 bits per heavy atom. The fourth-order valence-electron chi connectivity index (χ4n) is 2.23. The predicted molar refractivity (Wildman–Crippen MR) is 73.2 cm³/mol. The average molecular weight is 292 g/mol. The monoisotopic (exact) mass is 292 g/mol. The van der Waals surface area contributed by atoms with Crippen molar-refractivity contribution in [1.29, 1.82) is 0 Å². The third-order valence-corrected chi connectivity index (χ3v) is 5.10. The van der Waals surface area contributed by atoms with E-state index in [4.69, 9.17) is 4.74 Å². The van der Waals surface area contributed by atoms with Crippen LogP contribution in [0.5, 0.6) is 5.75 Å². The molecule has 0 fully saturated rings. The highest BCUT2D eigenvalue weighted by molar-refractivity contribution is 7.86. The number of para-hydroxylation sites is 1. The number of ether oxygens (including phenoxy) is 1. The molecule has 0 saturated carbocycles. The van der Waals surface area contributed by atoms with Crippen LogP contribution in [0.15, 0.2) is 53.4 Å². The van der Waals surface area contributed by atoms with Crippen LogP contribution >= 0.6 is 0 Å². The Morgan fingerprint density at radius 2 is 1.85 bits per heavy atom. The van der Waals surface area contributed by atoms with E-state index in [-0.39, 0.29) is 5.82 Å². The summed E-state index contributed by atoms with van der Waals surface area (Å²) in [6.45, 7) is 1.52. The lowest BCUT2D eigenvalue weighted by Gasteiger charge is -2.28. The largest absolute Gasteiger partial charge is 0.472 e. The summed E-state index contributed by atoms with van der Waals surface area (Å²) in [4.78, 5) is 0.569. The van der Waals surface area contributed by atoms with Crippen LogP contribution in [0, 0.1) is 5.82 Å². The molecule has 1 aliphatic rings. The summed E-state index contributed by atoms with van der Waals surface area (Å²) in [5, 5.41) is 10.7. The predicted octanol–water partition coefficient (Wildman–Crippen LogP) is 2.56. The molecule has 0 bridgehead atoms. The Labute approximate surface area is 118 Å². The maximum Gasteiger partial charge on any atom is 0.210 e. The van der Waals surface area contributed by atoms with E-state index in [0.717, 1.165) is 0 Å². The van der Waals surface area contributed by atoms with E-state index < -0.39 is 21.8 Å². The zero-order valence-electron chi connectivity index (χ0n) is 10.7. The maximum absolute atomic E-state index is 13.0. The summed E-state index contributed by atoms with van der Waals surface area (Å²) in [7, 11) is -1.48. The van der Waals surface area contributed by atoms with E-state index in [1.807, 2.05) is 0 Å². The van der Waals surface area contributed by atoms with Crippen LogP contribution in [0.3, 0.4) is 0 Å². The Bertz CT molecular complexity index is 667. The normalized spacial score (nSPS) is 23.8. The van der Waals surface area contributed by atoms with Gasteiger partial charge in [0.05, 0.1) is 4.90 Å². The fraction of sp³-hybridized carbons (Fsp3) is 0.200. The number of benzene rings is 2. The van der Waals surface area contributed by atoms with Gasteiger partial charge in [-0.15, -0.1) is 0 Å². The third-order valence-electron chi connectivity index (χ3n) is 3.38. The summed E-state index contributed by atoms with van der Waals surface area (Å²) in [6, 6.07) is 12.4. The van der Waals surface area contributed by atoms with E-state index in [1.165, 1.54) is 31.2 Å². The molecule has 0 aliphatic carbocycles. The van der Waals surface area contributed by atoms with Gasteiger partial charge in [0.25, 0.3) is 0 Å². The Kier molecular flexibility index (Phi) is 3.11. The van der Waals surface area contributed by atoms with Crippen molar-refractivity contribution in [2.45, 2.75) is 22.9 Å². The number of fused-ring (bicyclic) bond motifs is 1. The number of hydrogen-bond acceptors (Lipinski definition) is 3. The van der Waals surface area contributed by atoms with E-state index in [1.54, 1.807) is 24.3 Å². The molecular formula is C15H13FO3S. The molecule has 0 amide bonds. The Morgan fingerprint density at radius 3 is 2.50 bits per heavy atom. The second-order valence-corrected chi connectivity index (χ2v) is 6.31. The molecule has 3 rings (SSSR count). The average Bonchev–Trinajstić information content (AvgIpc) is 2.78. The second kappa shape index (κ2) is 4.68. The molecule has 1 heterocycles. The van der Waals surface area contributed by atoms with Gasteiger partial charge in [-0.25, -0.2) is 4.39 Å². The lowest BCUT2D eigenvalue weighted by Crippen LogP contribution is -2.41. The third kappa shape index (κ3) is 2.03. The molecule has 0 radical (unpaired) electrons. The first-order chi connectivity index (χ1) is 9.50. The molecule has 104 valence electrons. The molecule has 2 aromatic carbocycles. The Hall–Kier alpha value is -1.72. The maximum atomic E-state index is 13.0. The highest BCUT2D eigenvalue weighted by Crippen LogP contribution is 2.40. The smallest absolute Gasteiger partial charge is 0.210 e. The van der Waals surface area contributed by atoms with Crippen LogP contribution in [0.4, 0.5) is 4.39 Å². The molecule has 3 nitrogen and oxygen atoms in total. The summed E-state index contributed by atoms with van der Waals surface area (Å²) in [6.07, 6.45) is 0. The molecule has 1 aliphatic heterocycles. The highest BCUT2D eigenvalue weighted by atomic mass is 32.2. The quantitative estimate of drug-likeness (QED) is 0.925. The molecule has 2 aromatic rings. The summed E-state index contributed by atoms with van der Waals surface area (Å²) < 4.78 is 31.0. The van der Waals surface area contributed by atoms with Crippen molar-refractivity contribution in [1.82, 2.24) is 0 Å². The first kappa shape index (κ1) is 13.3. The number of hydrogen-bond donors (Lipinski definition) is 1. The van der Waals surface area contributed by atoms with Gasteiger partial charge < -0.3 is 9.84 Å². The van der Waals surface area contributed by atoms with Gasteiger partial charge in [0.15, 0.2) is 0 Å². The Balaban J connectivity index is 1.98. The summed E-state index contributed by atoms with van der Waals surface area (Å²) in [5.41, 5.74) is -1.92. The standard InChI is InChI=1S/C15H13FO3S/c1-15(17,10-6-8-11(16)9-7-10)14-19-12-4-2-3-5-13(12)20(14)18/h2-9,14,17H,1H3/t14-,15+,20?/m0/s1. The van der Waals surface area contributed by atoms with Crippen molar-refractivity contribution >= 4 is 10.8 Å². The van der Waals surface area contributed by atoms with Crippen molar-refractivity contribution in [2.24, 2.45) is 0 Å². The van der Waals surface area contributed by atoms with Crippen molar-refractivity contribution in [3.8, 4) is 5.75 Å². The van der Waals surface area contributed by atoms with Gasteiger partial charge in [0, 0.05) is 0 Å². The first-order valence-electron chi connectivity index (χ1n) is 6.15. The van der Waals surface area contributed by atoms with Gasteiger partial charge in [-0.1, -0.05) is 24.3 Å². The van der Waals surface area contributed by atoms with Crippen molar-refractivity contribution in [3.05, 3.63) is 59.9 Å². The summed E-state index contributed by atoms with van der Waals surface area (Å²) >= 11 is 0. The van der Waals surface area contributed by atoms with Gasteiger partial charge in [-0.05, 0) is 36.8 Å². The van der Waals surface area contributed by atoms with Crippen molar-refractivity contribution < 1.29 is 18.4 Å². The fourth-order valence-corrected chi connectivity index (χ4v) is 3.74. The van der Waals surface area contributed by atoms with Gasteiger partial charge in [0.1, 0.15) is 28.0 Å². The minimum atomic E-state index is -1.48. The molecule has 1 N–H and O–H groups in total. The zero-order valence-corrected chi connectivity index (χ0v) is 11.6. The molecule has 0 aromatic heterocycles. The molecule has 5 heteroatoms. The second-order valence-electron chi connectivity index (χ2n) is 4.85.